The Hall–Kier alpha value is -1.55. The smallest absolute Gasteiger partial charge is 0.234 e. The van der Waals surface area contributed by atoms with Crippen molar-refractivity contribution in [3.63, 3.8) is 0 Å². The number of nitrogens with one attached hydrogen (secondary N) is 1. The number of rotatable bonds is 8. The lowest BCUT2D eigenvalue weighted by Gasteiger charge is -2.36. The lowest BCUT2D eigenvalue weighted by molar-refractivity contribution is -0.123. The molecule has 0 aromatic heterocycles. The van der Waals surface area contributed by atoms with Crippen molar-refractivity contribution in [2.45, 2.75) is 59.4 Å². The van der Waals surface area contributed by atoms with Crippen LogP contribution in [-0.4, -0.2) is 49.6 Å². The van der Waals surface area contributed by atoms with Crippen LogP contribution >= 0.6 is 0 Å². The van der Waals surface area contributed by atoms with E-state index in [1.165, 1.54) is 36.1 Å². The monoisotopic (exact) mass is 345 g/mol. The molecule has 1 saturated heterocycles. The maximum absolute atomic E-state index is 12.2. The Morgan fingerprint density at radius 2 is 1.88 bits per heavy atom. The Morgan fingerprint density at radius 3 is 2.56 bits per heavy atom. The summed E-state index contributed by atoms with van der Waals surface area (Å²) in [5.74, 6) is 0.171. The minimum atomic E-state index is 0.171. The molecule has 2 rings (SSSR count). The summed E-state index contributed by atoms with van der Waals surface area (Å²) in [6.07, 6.45) is 4.76. The van der Waals surface area contributed by atoms with Gasteiger partial charge in [-0.1, -0.05) is 38.3 Å². The molecular formula is C21H35N3O. The molecule has 140 valence electrons. The van der Waals surface area contributed by atoms with Crippen LogP contribution in [0.2, 0.25) is 0 Å². The van der Waals surface area contributed by atoms with E-state index in [1.54, 1.807) is 0 Å². The van der Waals surface area contributed by atoms with E-state index in [2.05, 4.69) is 61.0 Å². The van der Waals surface area contributed by atoms with Gasteiger partial charge in [0.25, 0.3) is 0 Å². The van der Waals surface area contributed by atoms with Crippen LogP contribution in [0.15, 0.2) is 18.2 Å². The molecule has 25 heavy (non-hydrogen) atoms. The van der Waals surface area contributed by atoms with Crippen LogP contribution in [0.4, 0.5) is 5.69 Å². The van der Waals surface area contributed by atoms with E-state index in [1.807, 2.05) is 0 Å². The molecule has 1 amide bonds. The molecule has 1 aromatic carbocycles. The second-order valence-corrected chi connectivity index (χ2v) is 7.45. The molecule has 1 aromatic rings. The number of nitrogens with zero attached hydrogens (tertiary/aromatic N) is 2. The third-order valence-electron chi connectivity index (χ3n) is 5.30. The van der Waals surface area contributed by atoms with Crippen LogP contribution in [0.25, 0.3) is 0 Å². The van der Waals surface area contributed by atoms with Gasteiger partial charge in [0.1, 0.15) is 0 Å². The second-order valence-electron chi connectivity index (χ2n) is 7.45. The highest BCUT2D eigenvalue weighted by molar-refractivity contribution is 5.78. The van der Waals surface area contributed by atoms with Crippen molar-refractivity contribution in [3.8, 4) is 0 Å². The zero-order chi connectivity index (χ0) is 18.2. The first-order chi connectivity index (χ1) is 12.0. The number of hydrogen-bond donors (Lipinski definition) is 1. The lowest BCUT2D eigenvalue weighted by atomic mass is 10.1. The van der Waals surface area contributed by atoms with Crippen molar-refractivity contribution < 1.29 is 4.79 Å². The summed E-state index contributed by atoms with van der Waals surface area (Å²) in [6.45, 7) is 13.1. The molecule has 1 unspecified atom stereocenters. The van der Waals surface area contributed by atoms with Crippen molar-refractivity contribution >= 4 is 11.6 Å². The van der Waals surface area contributed by atoms with E-state index < -0.39 is 0 Å². The van der Waals surface area contributed by atoms with Crippen molar-refractivity contribution in [3.05, 3.63) is 29.3 Å². The Balaban J connectivity index is 1.74. The van der Waals surface area contributed by atoms with Gasteiger partial charge in [-0.3, -0.25) is 9.69 Å². The molecule has 1 aliphatic rings. The first-order valence-corrected chi connectivity index (χ1v) is 9.84. The summed E-state index contributed by atoms with van der Waals surface area (Å²) < 4.78 is 0. The summed E-state index contributed by atoms with van der Waals surface area (Å²) in [5, 5.41) is 3.15. The topological polar surface area (TPSA) is 35.6 Å². The van der Waals surface area contributed by atoms with Crippen LogP contribution in [0.1, 0.15) is 50.7 Å². The Labute approximate surface area is 153 Å². The molecule has 1 N–H and O–H groups in total. The minimum Gasteiger partial charge on any atom is -0.369 e. The van der Waals surface area contributed by atoms with Gasteiger partial charge in [-0.05, 0) is 44.4 Å². The van der Waals surface area contributed by atoms with Crippen molar-refractivity contribution in [1.82, 2.24) is 10.2 Å². The molecule has 1 fully saturated rings. The number of piperazine rings is 1. The molecular weight excluding hydrogens is 310 g/mol. The van der Waals surface area contributed by atoms with Crippen LogP contribution in [0.5, 0.6) is 0 Å². The molecule has 0 bridgehead atoms. The van der Waals surface area contributed by atoms with Crippen LogP contribution < -0.4 is 10.2 Å². The number of aryl methyl sites for hydroxylation is 1. The average Bonchev–Trinajstić information content (AvgIpc) is 2.58. The van der Waals surface area contributed by atoms with E-state index in [0.717, 1.165) is 32.6 Å². The van der Waals surface area contributed by atoms with Gasteiger partial charge < -0.3 is 10.2 Å². The highest BCUT2D eigenvalue weighted by Gasteiger charge is 2.20. The van der Waals surface area contributed by atoms with Crippen LogP contribution in [0.3, 0.4) is 0 Å². The van der Waals surface area contributed by atoms with Gasteiger partial charge in [0, 0.05) is 37.9 Å². The Bertz CT molecular complexity index is 550. The van der Waals surface area contributed by atoms with Crippen molar-refractivity contribution in [2.24, 2.45) is 0 Å². The normalized spacial score (nSPS) is 16.7. The highest BCUT2D eigenvalue weighted by atomic mass is 16.2. The fourth-order valence-electron chi connectivity index (χ4n) is 3.52. The van der Waals surface area contributed by atoms with Gasteiger partial charge in [-0.2, -0.15) is 0 Å². The number of hydrogen-bond acceptors (Lipinski definition) is 3. The molecule has 0 saturated carbocycles. The van der Waals surface area contributed by atoms with Crippen molar-refractivity contribution in [2.75, 3.05) is 37.6 Å². The SMILES string of the molecule is CCCCCC(C)NC(=O)CN1CCN(c2cccc(C)c2C)CC1. The maximum atomic E-state index is 12.2. The number of carbonyl (C=O) groups excluding carboxylic acids is 1. The van der Waals surface area contributed by atoms with Gasteiger partial charge in [-0.25, -0.2) is 0 Å². The predicted octanol–water partition coefficient (Wildman–Crippen LogP) is 3.51. The standard InChI is InChI=1S/C21H35N3O/c1-5-6-7-10-18(3)22-21(25)16-23-12-14-24(15-13-23)20-11-8-9-17(2)19(20)4/h8-9,11,18H,5-7,10,12-16H2,1-4H3,(H,22,25). The minimum absolute atomic E-state index is 0.171. The molecule has 1 heterocycles. The fourth-order valence-corrected chi connectivity index (χ4v) is 3.52. The third kappa shape index (κ3) is 6.03. The highest BCUT2D eigenvalue weighted by Crippen LogP contribution is 2.23. The zero-order valence-electron chi connectivity index (χ0n) is 16.5. The summed E-state index contributed by atoms with van der Waals surface area (Å²) in [6, 6.07) is 6.80. The van der Waals surface area contributed by atoms with E-state index in [9.17, 15) is 4.79 Å². The van der Waals surface area contributed by atoms with Crippen molar-refractivity contribution in [1.29, 1.82) is 0 Å². The Morgan fingerprint density at radius 1 is 1.16 bits per heavy atom. The van der Waals surface area contributed by atoms with Crippen LogP contribution in [-0.2, 0) is 4.79 Å². The first kappa shape index (κ1) is 19.8. The fraction of sp³-hybridized carbons (Fsp3) is 0.667. The quantitative estimate of drug-likeness (QED) is 0.732. The van der Waals surface area contributed by atoms with Crippen LogP contribution in [0, 0.1) is 13.8 Å². The predicted molar refractivity (Wildman–Crippen MR) is 106 cm³/mol. The van der Waals surface area contributed by atoms with E-state index in [4.69, 9.17) is 0 Å². The summed E-state index contributed by atoms with van der Waals surface area (Å²) in [4.78, 5) is 17.0. The number of amides is 1. The number of anilines is 1. The van der Waals surface area contributed by atoms with Gasteiger partial charge in [0.05, 0.1) is 6.54 Å². The van der Waals surface area contributed by atoms with Gasteiger partial charge in [-0.15, -0.1) is 0 Å². The lowest BCUT2D eigenvalue weighted by Crippen LogP contribution is -2.50. The average molecular weight is 346 g/mol. The van der Waals surface area contributed by atoms with E-state index >= 15 is 0 Å². The molecule has 1 aliphatic heterocycles. The van der Waals surface area contributed by atoms with Gasteiger partial charge in [0.2, 0.25) is 5.91 Å². The maximum Gasteiger partial charge on any atom is 0.234 e. The van der Waals surface area contributed by atoms with Gasteiger partial charge >= 0.3 is 0 Å². The molecule has 0 spiro atoms. The molecule has 4 nitrogen and oxygen atoms in total. The summed E-state index contributed by atoms with van der Waals surface area (Å²) in [7, 11) is 0. The molecule has 0 aliphatic carbocycles. The number of benzene rings is 1. The summed E-state index contributed by atoms with van der Waals surface area (Å²) >= 11 is 0. The summed E-state index contributed by atoms with van der Waals surface area (Å²) in [5.41, 5.74) is 4.06. The first-order valence-electron chi connectivity index (χ1n) is 9.84. The molecule has 1 atom stereocenters. The molecule has 4 heteroatoms. The third-order valence-corrected chi connectivity index (χ3v) is 5.30. The van der Waals surface area contributed by atoms with Gasteiger partial charge in [0.15, 0.2) is 0 Å². The Kier molecular flexibility index (Phi) is 7.76. The van der Waals surface area contributed by atoms with E-state index in [-0.39, 0.29) is 11.9 Å². The number of unbranched alkanes of at least 4 members (excludes halogenated alkanes) is 2. The zero-order valence-corrected chi connectivity index (χ0v) is 16.5. The largest absolute Gasteiger partial charge is 0.369 e. The van der Waals surface area contributed by atoms with E-state index in [0.29, 0.717) is 6.54 Å². The second kappa shape index (κ2) is 9.81. The molecule has 0 radical (unpaired) electrons. The number of carbonyl (C=O) groups is 1.